The largest absolute Gasteiger partial charge is 0.488 e. The Morgan fingerprint density at radius 2 is 1.68 bits per heavy atom. The van der Waals surface area contributed by atoms with Crippen LogP contribution in [0, 0.1) is 5.92 Å². The summed E-state index contributed by atoms with van der Waals surface area (Å²) in [5.74, 6) is 2.34. The van der Waals surface area contributed by atoms with Gasteiger partial charge in [-0.25, -0.2) is 4.98 Å². The summed E-state index contributed by atoms with van der Waals surface area (Å²) < 4.78 is 5.89. The van der Waals surface area contributed by atoms with Gasteiger partial charge in [0.25, 0.3) is 0 Å². The standard InChI is InChI=1S/C32H44N6O3/c1-21(39)34-28(19-22-13-17-25(18-14-22)41-32(2,3)4)30(40)33-20-23-11-15-24(16-12-23)35-31-36-27-10-8-7-9-26(27)29(37-31)38(5)6/h7-10,13-14,17-18,23-24,28H,11-12,15-16,19-20H2,1-6H3,(H,33,40)(H,34,39)(H,35,36,37)/t23?,24?,28-/m0/s1. The van der Waals surface area contributed by atoms with E-state index in [1.807, 2.05) is 88.3 Å². The van der Waals surface area contributed by atoms with Gasteiger partial charge in [0.05, 0.1) is 5.52 Å². The smallest absolute Gasteiger partial charge is 0.242 e. The van der Waals surface area contributed by atoms with Gasteiger partial charge in [0.1, 0.15) is 23.2 Å². The van der Waals surface area contributed by atoms with Crippen molar-refractivity contribution in [1.29, 1.82) is 0 Å². The summed E-state index contributed by atoms with van der Waals surface area (Å²) in [6.45, 7) is 8.04. The normalized spacial score (nSPS) is 17.9. The van der Waals surface area contributed by atoms with Gasteiger partial charge in [-0.15, -0.1) is 0 Å². The first-order valence-corrected chi connectivity index (χ1v) is 14.5. The number of anilines is 2. The average Bonchev–Trinajstić information content (AvgIpc) is 2.91. The number of amides is 2. The Morgan fingerprint density at radius 3 is 2.32 bits per heavy atom. The van der Waals surface area contributed by atoms with Crippen LogP contribution in [-0.4, -0.2) is 60.1 Å². The molecular weight excluding hydrogens is 516 g/mol. The van der Waals surface area contributed by atoms with Gasteiger partial charge in [-0.3, -0.25) is 9.59 Å². The van der Waals surface area contributed by atoms with E-state index in [1.165, 1.54) is 6.92 Å². The van der Waals surface area contributed by atoms with Crippen LogP contribution >= 0.6 is 0 Å². The summed E-state index contributed by atoms with van der Waals surface area (Å²) >= 11 is 0. The number of ether oxygens (including phenoxy) is 1. The van der Waals surface area contributed by atoms with Gasteiger partial charge < -0.3 is 25.6 Å². The minimum absolute atomic E-state index is 0.156. The number of carbonyl (C=O) groups is 2. The molecule has 2 aromatic carbocycles. The zero-order valence-corrected chi connectivity index (χ0v) is 25.2. The lowest BCUT2D eigenvalue weighted by molar-refractivity contribution is -0.128. The van der Waals surface area contributed by atoms with Crippen molar-refractivity contribution in [3.05, 3.63) is 54.1 Å². The van der Waals surface area contributed by atoms with Gasteiger partial charge in [-0.1, -0.05) is 24.3 Å². The molecular formula is C32H44N6O3. The van der Waals surface area contributed by atoms with Gasteiger partial charge in [0.15, 0.2) is 0 Å². The first-order chi connectivity index (χ1) is 19.5. The van der Waals surface area contributed by atoms with Crippen molar-refractivity contribution in [3.63, 3.8) is 0 Å². The van der Waals surface area contributed by atoms with Gasteiger partial charge in [0, 0.05) is 45.4 Å². The highest BCUT2D eigenvalue weighted by Gasteiger charge is 2.25. The van der Waals surface area contributed by atoms with Crippen LogP contribution in [0.5, 0.6) is 5.75 Å². The fourth-order valence-corrected chi connectivity index (χ4v) is 5.26. The van der Waals surface area contributed by atoms with E-state index in [0.29, 0.717) is 24.8 Å². The Morgan fingerprint density at radius 1 is 1.00 bits per heavy atom. The van der Waals surface area contributed by atoms with E-state index < -0.39 is 6.04 Å². The quantitative estimate of drug-likeness (QED) is 0.330. The van der Waals surface area contributed by atoms with E-state index in [4.69, 9.17) is 14.7 Å². The molecule has 1 aliphatic rings. The van der Waals surface area contributed by atoms with Gasteiger partial charge in [-0.2, -0.15) is 4.98 Å². The second kappa shape index (κ2) is 13.2. The number of para-hydroxylation sites is 1. The summed E-state index contributed by atoms with van der Waals surface area (Å²) in [6, 6.07) is 15.4. The molecule has 41 heavy (non-hydrogen) atoms. The molecule has 1 fully saturated rings. The Labute approximate surface area is 243 Å². The average molecular weight is 561 g/mol. The highest BCUT2D eigenvalue weighted by molar-refractivity contribution is 5.90. The summed E-state index contributed by atoms with van der Waals surface area (Å²) in [4.78, 5) is 36.5. The van der Waals surface area contributed by atoms with Crippen LogP contribution in [0.1, 0.15) is 58.9 Å². The number of benzene rings is 2. The van der Waals surface area contributed by atoms with E-state index in [1.54, 1.807) is 0 Å². The number of fused-ring (bicyclic) bond motifs is 1. The summed E-state index contributed by atoms with van der Waals surface area (Å²) in [5, 5.41) is 10.5. The van der Waals surface area contributed by atoms with E-state index >= 15 is 0 Å². The van der Waals surface area contributed by atoms with E-state index in [-0.39, 0.29) is 23.5 Å². The lowest BCUT2D eigenvalue weighted by Gasteiger charge is -2.30. The maximum Gasteiger partial charge on any atom is 0.242 e. The molecule has 0 unspecified atom stereocenters. The Kier molecular flexibility index (Phi) is 9.68. The fourth-order valence-electron chi connectivity index (χ4n) is 5.26. The Bertz CT molecular complexity index is 1330. The maximum atomic E-state index is 13.1. The SMILES string of the molecule is CC(=O)N[C@@H](Cc1ccc(OC(C)(C)C)cc1)C(=O)NCC1CCC(Nc2nc(N(C)C)c3ccccc3n2)CC1. The molecule has 3 aromatic rings. The van der Waals surface area contributed by atoms with Crippen LogP contribution in [0.3, 0.4) is 0 Å². The van der Waals surface area contributed by atoms with Gasteiger partial charge >= 0.3 is 0 Å². The van der Waals surface area contributed by atoms with Crippen LogP contribution in [0.2, 0.25) is 0 Å². The summed E-state index contributed by atoms with van der Waals surface area (Å²) in [5.41, 5.74) is 1.60. The summed E-state index contributed by atoms with van der Waals surface area (Å²) in [6.07, 6.45) is 4.36. The molecule has 0 spiro atoms. The van der Waals surface area contributed by atoms with Crippen molar-refractivity contribution in [1.82, 2.24) is 20.6 Å². The molecule has 3 N–H and O–H groups in total. The number of nitrogens with zero attached hydrogens (tertiary/aromatic N) is 3. The highest BCUT2D eigenvalue weighted by Crippen LogP contribution is 2.28. The van der Waals surface area contributed by atoms with Crippen LogP contribution in [-0.2, 0) is 16.0 Å². The molecule has 0 aliphatic heterocycles. The number of hydrogen-bond donors (Lipinski definition) is 3. The third-order valence-corrected chi connectivity index (χ3v) is 7.23. The molecule has 1 aliphatic carbocycles. The van der Waals surface area contributed by atoms with E-state index in [0.717, 1.165) is 53.7 Å². The zero-order valence-electron chi connectivity index (χ0n) is 25.2. The molecule has 1 atom stereocenters. The Hall–Kier alpha value is -3.88. The second-order valence-electron chi connectivity index (χ2n) is 12.2. The van der Waals surface area contributed by atoms with Crippen molar-refractivity contribution in [2.45, 2.75) is 77.5 Å². The monoisotopic (exact) mass is 560 g/mol. The molecule has 0 saturated heterocycles. The Balaban J connectivity index is 1.28. The van der Waals surface area contributed by atoms with Crippen molar-refractivity contribution < 1.29 is 14.3 Å². The number of aromatic nitrogens is 2. The van der Waals surface area contributed by atoms with Gasteiger partial charge in [0.2, 0.25) is 17.8 Å². The molecule has 0 radical (unpaired) electrons. The van der Waals surface area contributed by atoms with Crippen LogP contribution in [0.15, 0.2) is 48.5 Å². The van der Waals surface area contributed by atoms with Crippen LogP contribution < -0.4 is 25.6 Å². The molecule has 0 bridgehead atoms. The van der Waals surface area contributed by atoms with Crippen molar-refractivity contribution in [2.24, 2.45) is 5.92 Å². The molecule has 4 rings (SSSR count). The predicted octanol–water partition coefficient (Wildman–Crippen LogP) is 4.71. The molecule has 1 saturated carbocycles. The number of hydrogen-bond acceptors (Lipinski definition) is 7. The molecule has 2 amide bonds. The zero-order chi connectivity index (χ0) is 29.6. The highest BCUT2D eigenvalue weighted by atomic mass is 16.5. The first-order valence-electron chi connectivity index (χ1n) is 14.5. The third-order valence-electron chi connectivity index (χ3n) is 7.23. The minimum atomic E-state index is -0.629. The maximum absolute atomic E-state index is 13.1. The van der Waals surface area contributed by atoms with Crippen molar-refractivity contribution in [2.75, 3.05) is 30.9 Å². The molecule has 220 valence electrons. The topological polar surface area (TPSA) is 108 Å². The fraction of sp³-hybridized carbons (Fsp3) is 0.500. The lowest BCUT2D eigenvalue weighted by atomic mass is 9.86. The molecule has 1 heterocycles. The van der Waals surface area contributed by atoms with Crippen LogP contribution in [0.4, 0.5) is 11.8 Å². The molecule has 1 aromatic heterocycles. The predicted molar refractivity (Wildman–Crippen MR) is 164 cm³/mol. The number of rotatable bonds is 10. The minimum Gasteiger partial charge on any atom is -0.488 e. The second-order valence-corrected chi connectivity index (χ2v) is 12.2. The number of carbonyl (C=O) groups excluding carboxylic acids is 2. The van der Waals surface area contributed by atoms with Gasteiger partial charge in [-0.05, 0) is 82.2 Å². The van der Waals surface area contributed by atoms with Crippen molar-refractivity contribution >= 4 is 34.5 Å². The first kappa shape index (κ1) is 30.1. The van der Waals surface area contributed by atoms with E-state index in [9.17, 15) is 9.59 Å². The third kappa shape index (κ3) is 8.80. The lowest BCUT2D eigenvalue weighted by Crippen LogP contribution is -2.48. The van der Waals surface area contributed by atoms with Crippen LogP contribution in [0.25, 0.3) is 10.9 Å². The van der Waals surface area contributed by atoms with E-state index in [2.05, 4.69) is 16.0 Å². The number of nitrogens with one attached hydrogen (secondary N) is 3. The molecule has 9 heteroatoms. The summed E-state index contributed by atoms with van der Waals surface area (Å²) in [7, 11) is 3.99. The van der Waals surface area contributed by atoms with Crippen molar-refractivity contribution in [3.8, 4) is 5.75 Å². The molecule has 9 nitrogen and oxygen atoms in total.